The first-order valence-corrected chi connectivity index (χ1v) is 26.3. The third kappa shape index (κ3) is 25.0. The highest BCUT2D eigenvalue weighted by atomic mass is 19.1. The molecule has 0 heterocycles. The van der Waals surface area contributed by atoms with Crippen LogP contribution in [0.4, 0.5) is 22.0 Å². The Morgan fingerprint density at radius 3 is 0.739 bits per heavy atom. The maximum Gasteiger partial charge on any atom is 0.328 e. The molecule has 7 aromatic rings. The molecule has 14 nitrogen and oxygen atoms in total. The monoisotopic (exact) mass is 1220 g/mol. The van der Waals surface area contributed by atoms with E-state index in [9.17, 15) is 45.9 Å². The maximum atomic E-state index is 14.0. The Labute approximate surface area is 518 Å². The lowest BCUT2D eigenvalue weighted by molar-refractivity contribution is -0.155. The van der Waals surface area contributed by atoms with E-state index in [0.717, 1.165) is 11.1 Å². The molecule has 0 saturated heterocycles. The zero-order chi connectivity index (χ0) is 62.8. The average Bonchev–Trinajstić information content (AvgIpc) is 3.62. The van der Waals surface area contributed by atoms with E-state index >= 15 is 0 Å². The lowest BCUT2D eigenvalue weighted by Gasteiger charge is -2.25. The Hall–Kier alpha value is -8.56. The van der Waals surface area contributed by atoms with Crippen LogP contribution in [0.5, 0.6) is 0 Å². The summed E-state index contributed by atoms with van der Waals surface area (Å²) in [6.45, 7) is 5.07. The molecule has 7 aromatic carbocycles. The van der Waals surface area contributed by atoms with Gasteiger partial charge in [0, 0.05) is 36.2 Å². The van der Waals surface area contributed by atoms with E-state index < -0.39 is 89.0 Å². The average molecular weight is 1220 g/mol. The van der Waals surface area contributed by atoms with Gasteiger partial charge in [-0.15, -0.1) is 0 Å². The van der Waals surface area contributed by atoms with Crippen molar-refractivity contribution in [2.45, 2.75) is 85.3 Å². The van der Waals surface area contributed by atoms with Crippen molar-refractivity contribution in [3.63, 3.8) is 0 Å². The number of carboxylic acids is 3. The van der Waals surface area contributed by atoms with Crippen LogP contribution in [0.15, 0.2) is 182 Å². The Balaban J connectivity index is 0. The number of likely N-dealkylation sites (N-methyl/N-ethyl adjacent to an activating group) is 4. The molecule has 7 rings (SSSR count). The van der Waals surface area contributed by atoms with Crippen molar-refractivity contribution in [2.75, 3.05) is 56.4 Å². The first-order chi connectivity index (χ1) is 39.7. The second-order valence-electron chi connectivity index (χ2n) is 19.8. The van der Waals surface area contributed by atoms with Crippen LogP contribution in [0.1, 0.15) is 124 Å². The van der Waals surface area contributed by atoms with E-state index in [1.165, 1.54) is 83.5 Å². The van der Waals surface area contributed by atoms with Gasteiger partial charge in [0.15, 0.2) is 0 Å². The lowest BCUT2D eigenvalue weighted by Crippen LogP contribution is -2.30. The standard InChI is InChI=1S/2C18H20FNO2.2C10H12FNO2.C9H9FO2.3CH4.B/c2*1-13(14-9-5-4-6-10-14)22-18(21)17(20(2)3)15-11-7-8-12-16(15)19;2*1-12(2)9(10(13)14)7-5-3-4-6-8(7)11;1-6(9(11)12)7-4-2-3-5-8(7)10;;;;/h2*4-13,17H,1-3H3;2*3-6,9H,1-2H3,(H,13,14);2-6H,1H3,(H,11,12);3*1H4;/t13-,17+;13-,17-;2*9-;;;;;/m0010...../s1. The molecule has 0 aliphatic carbocycles. The van der Waals surface area contributed by atoms with Gasteiger partial charge in [0.25, 0.3) is 0 Å². The Kier molecular flexibility index (Phi) is 37.7. The van der Waals surface area contributed by atoms with E-state index in [0.29, 0.717) is 11.1 Å². The summed E-state index contributed by atoms with van der Waals surface area (Å²) >= 11 is 0. The number of carboxylic acid groups (broad SMARTS) is 3. The molecule has 3 radical (unpaired) electrons. The number of rotatable bonds is 18. The minimum absolute atomic E-state index is 0. The van der Waals surface area contributed by atoms with Gasteiger partial charge in [0.2, 0.25) is 0 Å². The summed E-state index contributed by atoms with van der Waals surface area (Å²) in [5.74, 6) is -7.12. The topological polar surface area (TPSA) is 177 Å². The van der Waals surface area contributed by atoms with Crippen LogP contribution in [-0.4, -0.2) is 130 Å². The van der Waals surface area contributed by atoms with Crippen molar-refractivity contribution < 1.29 is 70.7 Å². The normalized spacial score (nSPS) is 12.6. The van der Waals surface area contributed by atoms with E-state index in [4.69, 9.17) is 24.8 Å². The fraction of sp³-hybridized carbons (Fsp3) is 0.309. The molecule has 0 amide bonds. The fourth-order valence-corrected chi connectivity index (χ4v) is 8.30. The second kappa shape index (κ2) is 40.8. The fourth-order valence-electron chi connectivity index (χ4n) is 8.30. The van der Waals surface area contributed by atoms with Crippen LogP contribution in [0, 0.1) is 29.1 Å². The Morgan fingerprint density at radius 2 is 0.534 bits per heavy atom. The summed E-state index contributed by atoms with van der Waals surface area (Å²) < 4.78 is 78.5. The van der Waals surface area contributed by atoms with Gasteiger partial charge in [-0.05, 0) is 119 Å². The van der Waals surface area contributed by atoms with Gasteiger partial charge < -0.3 is 24.8 Å². The van der Waals surface area contributed by atoms with Gasteiger partial charge >= 0.3 is 29.8 Å². The van der Waals surface area contributed by atoms with E-state index in [1.54, 1.807) is 135 Å². The zero-order valence-electron chi connectivity index (χ0n) is 49.3. The van der Waals surface area contributed by atoms with Gasteiger partial charge in [-0.2, -0.15) is 0 Å². The molecule has 0 aliphatic rings. The molecule has 0 aromatic heterocycles. The van der Waals surface area contributed by atoms with Crippen LogP contribution < -0.4 is 0 Å². The Bertz CT molecular complexity index is 3020. The number of ether oxygens (including phenoxy) is 2. The SMILES string of the molecule is C.C.C.CC(C(=O)O)c1ccccc1F.CN(C)[C@@H](C(=O)O)c1ccccc1F.CN(C)[C@H](C(=O)O)c1ccccc1F.C[C@H](OC(=O)[C@@H](c1ccccc1F)N(C)C)c1ccccc1.C[C@H](OC(=O)[C@H](c1ccccc1F)N(C)C)c1ccccc1.[B]. The number of carbonyl (C=O) groups excluding carboxylic acids is 2. The van der Waals surface area contributed by atoms with E-state index in [-0.39, 0.29) is 59.6 Å². The highest BCUT2D eigenvalue weighted by Crippen LogP contribution is 2.29. The van der Waals surface area contributed by atoms with E-state index in [1.807, 2.05) is 60.7 Å². The number of halogens is 5. The number of benzene rings is 7. The highest BCUT2D eigenvalue weighted by Gasteiger charge is 2.31. The van der Waals surface area contributed by atoms with Crippen molar-refractivity contribution in [2.24, 2.45) is 0 Å². The van der Waals surface area contributed by atoms with Crippen molar-refractivity contribution in [3.05, 3.63) is 250 Å². The van der Waals surface area contributed by atoms with Crippen LogP contribution >= 0.6 is 0 Å². The third-order valence-electron chi connectivity index (χ3n) is 12.6. The summed E-state index contributed by atoms with van der Waals surface area (Å²) in [4.78, 5) is 63.5. The largest absolute Gasteiger partial charge is 0.481 e. The minimum atomic E-state index is -1.06. The number of aliphatic carboxylic acids is 3. The van der Waals surface area contributed by atoms with Crippen LogP contribution in [0.25, 0.3) is 0 Å². The second-order valence-corrected chi connectivity index (χ2v) is 19.8. The highest BCUT2D eigenvalue weighted by molar-refractivity contribution is 5.79. The molecular weight excluding hydrogens is 1140 g/mol. The van der Waals surface area contributed by atoms with Crippen molar-refractivity contribution in [1.29, 1.82) is 0 Å². The van der Waals surface area contributed by atoms with Gasteiger partial charge in [-0.1, -0.05) is 174 Å². The molecule has 88 heavy (non-hydrogen) atoms. The molecule has 1 unspecified atom stereocenters. The zero-order valence-corrected chi connectivity index (χ0v) is 49.3. The van der Waals surface area contributed by atoms with Gasteiger partial charge in [-0.3, -0.25) is 34.0 Å². The molecular formula is C68H85BF5N4O10. The number of nitrogens with zero attached hydrogens (tertiary/aromatic N) is 4. The van der Waals surface area contributed by atoms with Crippen LogP contribution in [-0.2, 0) is 33.4 Å². The number of esters is 2. The molecule has 7 atom stereocenters. The first kappa shape index (κ1) is 81.5. The van der Waals surface area contributed by atoms with Crippen LogP contribution in [0.2, 0.25) is 0 Å². The number of carbonyl (C=O) groups is 5. The summed E-state index contributed by atoms with van der Waals surface area (Å²) in [6.07, 6.45) is -0.772. The first-order valence-electron chi connectivity index (χ1n) is 26.3. The number of hydrogen-bond donors (Lipinski definition) is 3. The smallest absolute Gasteiger partial charge is 0.328 e. The maximum absolute atomic E-state index is 14.0. The lowest BCUT2D eigenvalue weighted by atomic mass is 10.0. The number of hydrogen-bond acceptors (Lipinski definition) is 11. The molecule has 0 bridgehead atoms. The van der Waals surface area contributed by atoms with Gasteiger partial charge in [-0.25, -0.2) is 31.5 Å². The minimum Gasteiger partial charge on any atom is -0.481 e. The molecule has 3 N–H and O–H groups in total. The van der Waals surface area contributed by atoms with Crippen molar-refractivity contribution in [3.8, 4) is 0 Å². The van der Waals surface area contributed by atoms with Crippen molar-refractivity contribution in [1.82, 2.24) is 19.6 Å². The molecule has 0 saturated carbocycles. The predicted octanol–water partition coefficient (Wildman–Crippen LogP) is 14.0. The molecule has 0 fully saturated rings. The summed E-state index contributed by atoms with van der Waals surface area (Å²) in [5.41, 5.74) is 3.04. The van der Waals surface area contributed by atoms with Crippen molar-refractivity contribution >= 4 is 38.3 Å². The van der Waals surface area contributed by atoms with E-state index in [2.05, 4.69) is 0 Å². The molecule has 20 heteroatoms. The molecule has 0 aliphatic heterocycles. The quantitative estimate of drug-likeness (QED) is 0.0420. The summed E-state index contributed by atoms with van der Waals surface area (Å²) in [7, 11) is 13.3. The third-order valence-corrected chi connectivity index (χ3v) is 12.6. The van der Waals surface area contributed by atoms with Gasteiger partial charge in [0.1, 0.15) is 65.5 Å². The summed E-state index contributed by atoms with van der Waals surface area (Å²) in [5, 5.41) is 26.4. The molecule has 475 valence electrons. The summed E-state index contributed by atoms with van der Waals surface area (Å²) in [6, 6.07) is 45.7. The Morgan fingerprint density at radius 1 is 0.330 bits per heavy atom. The van der Waals surface area contributed by atoms with Gasteiger partial charge in [0.05, 0.1) is 5.92 Å². The predicted molar refractivity (Wildman–Crippen MR) is 337 cm³/mol. The molecule has 0 spiro atoms. The van der Waals surface area contributed by atoms with Crippen LogP contribution in [0.3, 0.4) is 0 Å².